The molecule has 1 aromatic heterocycles. The number of fused-ring (bicyclic) bond motifs is 1. The molecule has 31 heavy (non-hydrogen) atoms. The van der Waals surface area contributed by atoms with Crippen LogP contribution in [0.25, 0.3) is 10.9 Å². The number of carbonyl (C=O) groups excluding carboxylic acids is 1. The molecule has 0 amide bonds. The van der Waals surface area contributed by atoms with Crippen molar-refractivity contribution in [3.8, 4) is 0 Å². The van der Waals surface area contributed by atoms with Gasteiger partial charge in [0.1, 0.15) is 5.82 Å². The van der Waals surface area contributed by atoms with Gasteiger partial charge in [0.25, 0.3) is 6.54 Å². The van der Waals surface area contributed by atoms with E-state index in [9.17, 15) is 19.7 Å². The lowest BCUT2D eigenvalue weighted by atomic mass is 10.0. The predicted octanol–water partition coefficient (Wildman–Crippen LogP) is 2.94. The number of nitro groups is 1. The number of benzene rings is 1. The number of nitrogens with two attached hydrogens (primary N) is 1. The third-order valence-electron chi connectivity index (χ3n) is 6.62. The quantitative estimate of drug-likeness (QED) is 0.408. The molecule has 1 saturated heterocycles. The van der Waals surface area contributed by atoms with Gasteiger partial charge in [0.15, 0.2) is 0 Å². The van der Waals surface area contributed by atoms with Crippen LogP contribution in [0.4, 0.5) is 10.1 Å². The van der Waals surface area contributed by atoms with Gasteiger partial charge in [-0.25, -0.2) is 4.39 Å². The average Bonchev–Trinajstić information content (AvgIpc) is 3.56. The Morgan fingerprint density at radius 2 is 2.06 bits per heavy atom. The minimum atomic E-state index is -0.993. The zero-order chi connectivity index (χ0) is 21.4. The summed E-state index contributed by atoms with van der Waals surface area (Å²) in [5.74, 6) is -1.56. The molecular weight excluding hydrogens is 450 g/mol. The molecule has 2 heterocycles. The van der Waals surface area contributed by atoms with Gasteiger partial charge in [0, 0.05) is 41.7 Å². The highest BCUT2D eigenvalue weighted by atomic mass is 35.5. The lowest BCUT2D eigenvalue weighted by Crippen LogP contribution is -2.30. The number of rotatable bonds is 5. The van der Waals surface area contributed by atoms with E-state index in [1.165, 1.54) is 6.20 Å². The number of aromatic nitrogens is 1. The second-order valence-electron chi connectivity index (χ2n) is 8.69. The number of halogens is 3. The Morgan fingerprint density at radius 3 is 2.61 bits per heavy atom. The van der Waals surface area contributed by atoms with Gasteiger partial charge in [-0.2, -0.15) is 0 Å². The summed E-state index contributed by atoms with van der Waals surface area (Å²) in [7, 11) is 0. The summed E-state index contributed by atoms with van der Waals surface area (Å²) in [6.07, 6.45) is 5.00. The zero-order valence-electron chi connectivity index (χ0n) is 16.5. The molecular formula is C20H21Cl2FN4O4. The van der Waals surface area contributed by atoms with Crippen LogP contribution in [0, 0.1) is 21.3 Å². The number of hydrogen-bond donors (Lipinski definition) is 1. The van der Waals surface area contributed by atoms with Crippen molar-refractivity contribution in [1.82, 2.24) is 4.57 Å². The maximum absolute atomic E-state index is 15.2. The van der Waals surface area contributed by atoms with Crippen molar-refractivity contribution < 1.29 is 14.1 Å². The van der Waals surface area contributed by atoms with Crippen LogP contribution in [-0.2, 0) is 0 Å². The van der Waals surface area contributed by atoms with Gasteiger partial charge < -0.3 is 15.2 Å². The molecule has 3 fully saturated rings. The molecule has 2 aromatic rings. The molecule has 1 atom stereocenters. The fourth-order valence-electron chi connectivity index (χ4n) is 4.62. The van der Waals surface area contributed by atoms with Crippen LogP contribution in [0.5, 0.6) is 0 Å². The summed E-state index contributed by atoms with van der Waals surface area (Å²) in [5.41, 5.74) is 5.82. The number of hydrogen-bond acceptors (Lipinski definition) is 6. The van der Waals surface area contributed by atoms with E-state index in [4.69, 9.17) is 17.3 Å². The molecule has 11 heteroatoms. The van der Waals surface area contributed by atoms with Gasteiger partial charge in [-0.05, 0) is 31.7 Å². The molecule has 5 rings (SSSR count). The Morgan fingerprint density at radius 1 is 1.39 bits per heavy atom. The maximum atomic E-state index is 15.2. The number of Topliss-reactive ketones (excluding diaryl/α,β-unsaturated/α-hetero) is 1. The van der Waals surface area contributed by atoms with Gasteiger partial charge in [0.2, 0.25) is 11.2 Å². The number of carbonyl (C=O) groups is 1. The number of anilines is 1. The van der Waals surface area contributed by atoms with E-state index in [2.05, 4.69) is 0 Å². The fraction of sp³-hybridized carbons (Fsp3) is 0.500. The van der Waals surface area contributed by atoms with Gasteiger partial charge >= 0.3 is 0 Å². The van der Waals surface area contributed by atoms with Crippen LogP contribution in [-0.4, -0.2) is 40.9 Å². The molecule has 0 bridgehead atoms. The summed E-state index contributed by atoms with van der Waals surface area (Å²) < 4.78 is 16.9. The van der Waals surface area contributed by atoms with Crippen molar-refractivity contribution in [1.29, 1.82) is 0 Å². The molecule has 3 aliphatic rings. The van der Waals surface area contributed by atoms with Crippen LogP contribution in [0.3, 0.4) is 0 Å². The van der Waals surface area contributed by atoms with Gasteiger partial charge in [-0.1, -0.05) is 11.6 Å². The van der Waals surface area contributed by atoms with E-state index in [-0.39, 0.29) is 51.6 Å². The van der Waals surface area contributed by atoms with Gasteiger partial charge in [-0.3, -0.25) is 19.7 Å². The standard InChI is InChI=1S/C20H20ClFN4O4.ClH/c21-16-17-11(5-13(22)18(16)24-8-15(23)20(9-24)3-4-20)19(28)12(14(27)7-26(29)30)6-25(17)10-1-2-10;/h5-6,10,15H,1-4,7-9,23H2;1H. The molecule has 1 spiro atoms. The molecule has 2 aliphatic carbocycles. The van der Waals surface area contributed by atoms with Crippen molar-refractivity contribution in [2.75, 3.05) is 24.5 Å². The molecule has 8 nitrogen and oxygen atoms in total. The number of nitrogens with zero attached hydrogens (tertiary/aromatic N) is 3. The molecule has 1 unspecified atom stereocenters. The highest BCUT2D eigenvalue weighted by Gasteiger charge is 2.54. The van der Waals surface area contributed by atoms with Gasteiger partial charge in [-0.15, -0.1) is 12.4 Å². The molecule has 0 radical (unpaired) electrons. The van der Waals surface area contributed by atoms with Crippen LogP contribution in [0.15, 0.2) is 17.1 Å². The fourth-order valence-corrected chi connectivity index (χ4v) is 5.03. The predicted molar refractivity (Wildman–Crippen MR) is 117 cm³/mol. The summed E-state index contributed by atoms with van der Waals surface area (Å²) in [6.45, 7) is 0.103. The SMILES string of the molecule is Cl.NC1CN(c2c(F)cc3c(=O)c(C(=O)C[N+](=O)[O-])cn(C4CC4)c3c2Cl)CC12CC2. The average molecular weight is 471 g/mol. The maximum Gasteiger partial charge on any atom is 0.266 e. The Bertz CT molecular complexity index is 1180. The van der Waals surface area contributed by atoms with E-state index in [1.54, 1.807) is 4.57 Å². The van der Waals surface area contributed by atoms with E-state index in [0.717, 1.165) is 31.7 Å². The Labute approximate surface area is 187 Å². The normalized spacial score (nSPS) is 21.4. The summed E-state index contributed by atoms with van der Waals surface area (Å²) in [5, 5.41) is 10.8. The minimum Gasteiger partial charge on any atom is -0.366 e. The van der Waals surface area contributed by atoms with E-state index >= 15 is 4.39 Å². The smallest absolute Gasteiger partial charge is 0.266 e. The first-order chi connectivity index (χ1) is 14.2. The monoisotopic (exact) mass is 470 g/mol. The first kappa shape index (κ1) is 22.0. The highest BCUT2D eigenvalue weighted by Crippen LogP contribution is 2.54. The van der Waals surface area contributed by atoms with E-state index < -0.39 is 28.5 Å². The Hall–Kier alpha value is -2.23. The van der Waals surface area contributed by atoms with E-state index in [0.29, 0.717) is 18.6 Å². The second kappa shape index (κ2) is 7.43. The van der Waals surface area contributed by atoms with Crippen molar-refractivity contribution in [2.45, 2.75) is 37.8 Å². The summed E-state index contributed by atoms with van der Waals surface area (Å²) in [4.78, 5) is 37.0. The molecule has 2 saturated carbocycles. The van der Waals surface area contributed by atoms with Gasteiger partial charge in [0.05, 0.1) is 27.2 Å². The molecule has 1 aromatic carbocycles. The molecule has 1 aliphatic heterocycles. The van der Waals surface area contributed by atoms with Crippen molar-refractivity contribution in [3.63, 3.8) is 0 Å². The lowest BCUT2D eigenvalue weighted by molar-refractivity contribution is -0.465. The number of pyridine rings is 1. The van der Waals surface area contributed by atoms with Crippen LogP contribution in [0.2, 0.25) is 5.02 Å². The minimum absolute atomic E-state index is 0. The van der Waals surface area contributed by atoms with E-state index in [1.807, 2.05) is 4.90 Å². The highest BCUT2D eigenvalue weighted by molar-refractivity contribution is 6.38. The zero-order valence-corrected chi connectivity index (χ0v) is 18.0. The topological polar surface area (TPSA) is 111 Å². The third kappa shape index (κ3) is 3.48. The van der Waals surface area contributed by atoms with Crippen molar-refractivity contribution in [2.24, 2.45) is 11.1 Å². The largest absolute Gasteiger partial charge is 0.366 e. The van der Waals surface area contributed by atoms with Crippen LogP contribution >= 0.6 is 24.0 Å². The first-order valence-electron chi connectivity index (χ1n) is 9.94. The third-order valence-corrected chi connectivity index (χ3v) is 6.97. The Kier molecular flexibility index (Phi) is 5.27. The van der Waals surface area contributed by atoms with Crippen molar-refractivity contribution in [3.05, 3.63) is 49.0 Å². The van der Waals surface area contributed by atoms with Crippen LogP contribution < -0.4 is 16.1 Å². The first-order valence-corrected chi connectivity index (χ1v) is 10.3. The Balaban J connectivity index is 0.00000231. The lowest BCUT2D eigenvalue weighted by Gasteiger charge is -2.23. The number of ketones is 1. The molecule has 2 N–H and O–H groups in total. The summed E-state index contributed by atoms with van der Waals surface area (Å²) in [6, 6.07) is 1.06. The summed E-state index contributed by atoms with van der Waals surface area (Å²) >= 11 is 6.68. The van der Waals surface area contributed by atoms with Crippen LogP contribution in [0.1, 0.15) is 42.1 Å². The molecule has 166 valence electrons. The van der Waals surface area contributed by atoms with Crippen molar-refractivity contribution >= 4 is 46.4 Å². The second-order valence-corrected chi connectivity index (χ2v) is 9.07.